The number of anilines is 1. The molecule has 2 aliphatic rings. The maximum atomic E-state index is 13.0. The number of piperidine rings is 1. The first-order valence-corrected chi connectivity index (χ1v) is 10.6. The van der Waals surface area contributed by atoms with E-state index in [0.29, 0.717) is 30.5 Å². The highest BCUT2D eigenvalue weighted by Gasteiger charge is 2.43. The molecule has 2 heterocycles. The van der Waals surface area contributed by atoms with E-state index in [1.165, 1.54) is 23.1 Å². The van der Waals surface area contributed by atoms with Gasteiger partial charge >= 0.3 is 18.4 Å². The van der Waals surface area contributed by atoms with Gasteiger partial charge in [0, 0.05) is 38.0 Å². The second kappa shape index (κ2) is 8.68. The zero-order valence-corrected chi connectivity index (χ0v) is 18.2. The highest BCUT2D eigenvalue weighted by atomic mass is 35.5. The van der Waals surface area contributed by atoms with Gasteiger partial charge in [0.05, 0.1) is 21.9 Å². The Kier molecular flexibility index (Phi) is 6.17. The van der Waals surface area contributed by atoms with E-state index in [4.69, 9.17) is 16.4 Å². The third-order valence-electron chi connectivity index (χ3n) is 5.87. The molecule has 1 N–H and O–H groups in total. The minimum absolute atomic E-state index is 0.0351. The number of halogens is 7. The molecule has 1 saturated heterocycles. The summed E-state index contributed by atoms with van der Waals surface area (Å²) in [5.41, 5.74) is -1.48. The topological polar surface area (TPSA) is 53.9 Å². The van der Waals surface area contributed by atoms with Crippen LogP contribution in [0.1, 0.15) is 36.0 Å². The fourth-order valence-electron chi connectivity index (χ4n) is 3.94. The molecule has 2 amide bonds. The van der Waals surface area contributed by atoms with Crippen LogP contribution >= 0.6 is 11.6 Å². The Hall–Kier alpha value is -2.95. The van der Waals surface area contributed by atoms with Crippen LogP contribution in [0.5, 0.6) is 0 Å². The average Bonchev–Trinajstić information content (AvgIpc) is 3.17. The zero-order valence-electron chi connectivity index (χ0n) is 17.4. The van der Waals surface area contributed by atoms with E-state index in [2.05, 4.69) is 10.5 Å². The fraction of sp³-hybridized carbons (Fsp3) is 0.364. The molecule has 0 radical (unpaired) electrons. The lowest BCUT2D eigenvalue weighted by atomic mass is 9.85. The third kappa shape index (κ3) is 5.08. The number of carbonyl (C=O) groups excluding carboxylic acids is 1. The number of alkyl halides is 6. The molecule has 2 aromatic rings. The van der Waals surface area contributed by atoms with Gasteiger partial charge < -0.3 is 15.1 Å². The van der Waals surface area contributed by atoms with Gasteiger partial charge in [-0.05, 0) is 35.9 Å². The number of oxime groups is 1. The van der Waals surface area contributed by atoms with Crippen LogP contribution in [0.25, 0.3) is 0 Å². The molecule has 0 atom stereocenters. The monoisotopic (exact) mass is 505 g/mol. The minimum atomic E-state index is -4.65. The molecule has 4 rings (SSSR count). The Balaban J connectivity index is 1.34. The molecule has 34 heavy (non-hydrogen) atoms. The molecule has 0 aliphatic carbocycles. The summed E-state index contributed by atoms with van der Waals surface area (Å²) in [5, 5.41) is 6.03. The van der Waals surface area contributed by atoms with Gasteiger partial charge in [0.1, 0.15) is 5.60 Å². The van der Waals surface area contributed by atoms with Crippen molar-refractivity contribution in [2.45, 2.75) is 37.2 Å². The number of rotatable bonds is 2. The van der Waals surface area contributed by atoms with Gasteiger partial charge in [0.15, 0.2) is 0 Å². The molecular formula is C22H18ClF6N3O2. The Morgan fingerprint density at radius 2 is 1.65 bits per heavy atom. The summed E-state index contributed by atoms with van der Waals surface area (Å²) in [7, 11) is 0. The SMILES string of the molecule is O=C(Nc1ccc(Cl)c(C(F)(F)F)c1)N1CCC2(CC1)CC(c1ccc(C(F)(F)F)cc1)=NO2. The Bertz CT molecular complexity index is 1110. The first-order chi connectivity index (χ1) is 15.9. The minimum Gasteiger partial charge on any atom is -0.388 e. The summed E-state index contributed by atoms with van der Waals surface area (Å²) in [5.74, 6) is 0. The fourth-order valence-corrected chi connectivity index (χ4v) is 4.16. The smallest absolute Gasteiger partial charge is 0.388 e. The van der Waals surface area contributed by atoms with Crippen molar-refractivity contribution in [1.29, 1.82) is 0 Å². The predicted octanol–water partition coefficient (Wildman–Crippen LogP) is 6.57. The molecule has 12 heteroatoms. The predicted molar refractivity (Wildman–Crippen MR) is 113 cm³/mol. The number of benzene rings is 2. The number of carbonyl (C=O) groups is 1. The Labute approximate surface area is 195 Å². The molecule has 0 bridgehead atoms. The number of hydrogen-bond acceptors (Lipinski definition) is 3. The Morgan fingerprint density at radius 3 is 2.24 bits per heavy atom. The lowest BCUT2D eigenvalue weighted by Gasteiger charge is -2.37. The van der Waals surface area contributed by atoms with Crippen LogP contribution in [-0.2, 0) is 17.2 Å². The first kappa shape index (κ1) is 24.2. The van der Waals surface area contributed by atoms with E-state index >= 15 is 0 Å². The second-order valence-corrected chi connectivity index (χ2v) is 8.58. The van der Waals surface area contributed by atoms with Crippen LogP contribution < -0.4 is 5.32 Å². The maximum absolute atomic E-state index is 13.0. The molecule has 2 aromatic carbocycles. The van der Waals surface area contributed by atoms with Crippen molar-refractivity contribution < 1.29 is 36.0 Å². The van der Waals surface area contributed by atoms with Crippen molar-refractivity contribution in [1.82, 2.24) is 4.90 Å². The van der Waals surface area contributed by atoms with E-state index in [1.54, 1.807) is 0 Å². The van der Waals surface area contributed by atoms with E-state index in [9.17, 15) is 31.1 Å². The summed E-state index contributed by atoms with van der Waals surface area (Å²) in [6, 6.07) is 7.21. The summed E-state index contributed by atoms with van der Waals surface area (Å²) in [4.78, 5) is 19.6. The van der Waals surface area contributed by atoms with Crippen molar-refractivity contribution in [2.24, 2.45) is 5.16 Å². The van der Waals surface area contributed by atoms with Gasteiger partial charge in [-0.3, -0.25) is 0 Å². The summed E-state index contributed by atoms with van der Waals surface area (Å²) in [6.07, 6.45) is -7.90. The second-order valence-electron chi connectivity index (χ2n) is 8.17. The van der Waals surface area contributed by atoms with Crippen LogP contribution in [-0.4, -0.2) is 35.3 Å². The van der Waals surface area contributed by atoms with Gasteiger partial charge in [-0.2, -0.15) is 26.3 Å². The van der Waals surface area contributed by atoms with Crippen molar-refractivity contribution in [2.75, 3.05) is 18.4 Å². The molecule has 0 unspecified atom stereocenters. The van der Waals surface area contributed by atoms with Crippen LogP contribution in [0, 0.1) is 0 Å². The van der Waals surface area contributed by atoms with E-state index in [1.807, 2.05) is 0 Å². The van der Waals surface area contributed by atoms with Crippen molar-refractivity contribution in [3.63, 3.8) is 0 Å². The van der Waals surface area contributed by atoms with Gasteiger partial charge in [0.25, 0.3) is 0 Å². The molecular weight excluding hydrogens is 488 g/mol. The highest BCUT2D eigenvalue weighted by molar-refractivity contribution is 6.31. The molecule has 1 fully saturated rings. The molecule has 5 nitrogen and oxygen atoms in total. The van der Waals surface area contributed by atoms with Crippen molar-refractivity contribution in [3.8, 4) is 0 Å². The molecule has 0 aromatic heterocycles. The highest BCUT2D eigenvalue weighted by Crippen LogP contribution is 2.38. The quantitative estimate of drug-likeness (QED) is 0.469. The first-order valence-electron chi connectivity index (χ1n) is 10.2. The number of nitrogens with one attached hydrogen (secondary N) is 1. The lowest BCUT2D eigenvalue weighted by Crippen LogP contribution is -2.48. The van der Waals surface area contributed by atoms with E-state index in [-0.39, 0.29) is 18.8 Å². The average molecular weight is 506 g/mol. The largest absolute Gasteiger partial charge is 0.417 e. The van der Waals surface area contributed by atoms with E-state index < -0.39 is 40.1 Å². The Morgan fingerprint density at radius 1 is 1.00 bits per heavy atom. The summed E-state index contributed by atoms with van der Waals surface area (Å²) in [6.45, 7) is 0.530. The number of amides is 2. The molecule has 182 valence electrons. The van der Waals surface area contributed by atoms with Gasteiger partial charge in [-0.15, -0.1) is 0 Å². The van der Waals surface area contributed by atoms with Crippen LogP contribution in [0.4, 0.5) is 36.8 Å². The summed E-state index contributed by atoms with van der Waals surface area (Å²) < 4.78 is 77.4. The standard InChI is InChI=1S/C22H18ClF6N3O2/c23-17-6-5-15(11-16(17)22(27,28)29)30-19(33)32-9-7-20(8-10-32)12-18(31-34-20)13-1-3-14(4-2-13)21(24,25)26/h1-6,11H,7-10,12H2,(H,30,33). The number of likely N-dealkylation sites (tertiary alicyclic amines) is 1. The number of hydrogen-bond donors (Lipinski definition) is 1. The van der Waals surface area contributed by atoms with Crippen LogP contribution in [0.2, 0.25) is 5.02 Å². The van der Waals surface area contributed by atoms with Crippen molar-refractivity contribution in [3.05, 3.63) is 64.2 Å². The maximum Gasteiger partial charge on any atom is 0.417 e. The normalized spacial score (nSPS) is 18.0. The molecule has 1 spiro atoms. The summed E-state index contributed by atoms with van der Waals surface area (Å²) >= 11 is 5.60. The van der Waals surface area contributed by atoms with Crippen molar-refractivity contribution >= 4 is 29.0 Å². The van der Waals surface area contributed by atoms with Gasteiger partial charge in [-0.25, -0.2) is 4.79 Å². The van der Waals surface area contributed by atoms with Crippen LogP contribution in [0.3, 0.4) is 0 Å². The number of nitrogens with zero attached hydrogens (tertiary/aromatic N) is 2. The van der Waals surface area contributed by atoms with Gasteiger partial charge in [0.2, 0.25) is 0 Å². The van der Waals surface area contributed by atoms with Gasteiger partial charge in [-0.1, -0.05) is 28.9 Å². The van der Waals surface area contributed by atoms with E-state index in [0.717, 1.165) is 24.3 Å². The van der Waals surface area contributed by atoms with Crippen LogP contribution in [0.15, 0.2) is 47.6 Å². The molecule has 2 aliphatic heterocycles. The third-order valence-corrected chi connectivity index (χ3v) is 6.20. The molecule has 0 saturated carbocycles. The lowest BCUT2D eigenvalue weighted by molar-refractivity contribution is -0.138. The zero-order chi connectivity index (χ0) is 24.7. The number of urea groups is 1.